The van der Waals surface area contributed by atoms with E-state index < -0.39 is 24.0 Å². The van der Waals surface area contributed by atoms with Crippen molar-refractivity contribution in [2.24, 2.45) is 5.92 Å². The van der Waals surface area contributed by atoms with Crippen molar-refractivity contribution in [2.45, 2.75) is 26.3 Å². The fraction of sp³-hybridized carbons (Fsp3) is 0.273. The minimum absolute atomic E-state index is 0.0209. The number of hydrogen-bond acceptors (Lipinski definition) is 6. The zero-order chi connectivity index (χ0) is 24.2. The normalized spacial score (nSPS) is 12.5. The van der Waals surface area contributed by atoms with Crippen LogP contribution < -0.4 is 15.4 Å². The van der Waals surface area contributed by atoms with Crippen LogP contribution in [0.5, 0.6) is 5.75 Å². The summed E-state index contributed by atoms with van der Waals surface area (Å²) in [5.74, 6) is -0.727. The molecule has 1 heterocycles. The van der Waals surface area contributed by atoms with Crippen molar-refractivity contribution >= 4 is 29.1 Å². The Morgan fingerprint density at radius 2 is 1.85 bits per heavy atom. The third kappa shape index (κ3) is 6.93. The number of halogens is 5. The molecule has 0 spiro atoms. The number of nitrogens with one attached hydrogen (secondary N) is 2. The van der Waals surface area contributed by atoms with Gasteiger partial charge in [-0.25, -0.2) is 9.37 Å². The number of aromatic nitrogens is 2. The first-order valence-corrected chi connectivity index (χ1v) is 10.3. The van der Waals surface area contributed by atoms with Crippen LogP contribution in [0.4, 0.5) is 35.0 Å². The number of nitrogens with zero attached hydrogens (tertiary/aromatic N) is 2. The molecule has 0 unspecified atom stereocenters. The van der Waals surface area contributed by atoms with Crippen molar-refractivity contribution in [3.63, 3.8) is 0 Å². The average molecular weight is 485 g/mol. The number of aliphatic hydroxyl groups excluding tert-OH is 1. The summed E-state index contributed by atoms with van der Waals surface area (Å²) in [6.45, 7) is 3.57. The molecule has 6 nitrogen and oxygen atoms in total. The first-order chi connectivity index (χ1) is 15.5. The van der Waals surface area contributed by atoms with E-state index in [2.05, 4.69) is 25.3 Å². The number of alkyl halides is 3. The summed E-state index contributed by atoms with van der Waals surface area (Å²) >= 11 is 5.95. The van der Waals surface area contributed by atoms with Gasteiger partial charge in [-0.05, 0) is 36.2 Å². The van der Waals surface area contributed by atoms with Crippen LogP contribution >= 0.6 is 11.6 Å². The largest absolute Gasteiger partial charge is 0.573 e. The van der Waals surface area contributed by atoms with E-state index in [1.807, 2.05) is 13.8 Å². The summed E-state index contributed by atoms with van der Waals surface area (Å²) in [6, 6.07) is 10.3. The molecule has 3 rings (SSSR count). The number of ether oxygens (including phenoxy) is 1. The smallest absolute Gasteiger partial charge is 0.406 e. The second-order valence-corrected chi connectivity index (χ2v) is 7.90. The quantitative estimate of drug-likeness (QED) is 0.340. The maximum atomic E-state index is 14.2. The third-order valence-corrected chi connectivity index (χ3v) is 4.83. The molecule has 2 aromatic carbocycles. The highest BCUT2D eigenvalue weighted by Gasteiger charge is 2.31. The molecule has 0 saturated carbocycles. The molecule has 3 aromatic rings. The van der Waals surface area contributed by atoms with Crippen molar-refractivity contribution in [3.05, 3.63) is 59.4 Å². The molecular weight excluding hydrogens is 464 g/mol. The molecule has 0 bridgehead atoms. The molecule has 11 heteroatoms. The molecule has 1 aromatic heterocycles. The van der Waals surface area contributed by atoms with Gasteiger partial charge in [-0.1, -0.05) is 37.6 Å². The molecule has 0 aliphatic carbocycles. The third-order valence-electron chi connectivity index (χ3n) is 4.60. The van der Waals surface area contributed by atoms with Crippen LogP contribution in [-0.2, 0) is 0 Å². The minimum atomic E-state index is -4.85. The van der Waals surface area contributed by atoms with Gasteiger partial charge in [0.1, 0.15) is 17.4 Å². The molecule has 33 heavy (non-hydrogen) atoms. The Labute approximate surface area is 192 Å². The Balaban J connectivity index is 2.03. The number of aliphatic hydroxyl groups is 1. The Bertz CT molecular complexity index is 1110. The minimum Gasteiger partial charge on any atom is -0.406 e. The fourth-order valence-corrected chi connectivity index (χ4v) is 3.07. The van der Waals surface area contributed by atoms with Crippen LogP contribution in [0.15, 0.2) is 48.5 Å². The topological polar surface area (TPSA) is 79.3 Å². The summed E-state index contributed by atoms with van der Waals surface area (Å²) < 4.78 is 56.1. The number of anilines is 3. The zero-order valence-corrected chi connectivity index (χ0v) is 18.4. The average Bonchev–Trinajstić information content (AvgIpc) is 2.73. The van der Waals surface area contributed by atoms with Crippen LogP contribution in [0, 0.1) is 11.7 Å². The van der Waals surface area contributed by atoms with Gasteiger partial charge in [0.2, 0.25) is 5.95 Å². The Morgan fingerprint density at radius 1 is 1.09 bits per heavy atom. The van der Waals surface area contributed by atoms with E-state index >= 15 is 0 Å². The Morgan fingerprint density at radius 3 is 2.52 bits per heavy atom. The van der Waals surface area contributed by atoms with E-state index in [1.165, 1.54) is 42.5 Å². The van der Waals surface area contributed by atoms with Crippen LogP contribution in [0.3, 0.4) is 0 Å². The van der Waals surface area contributed by atoms with Crippen LogP contribution in [0.2, 0.25) is 5.02 Å². The number of benzene rings is 2. The lowest BCUT2D eigenvalue weighted by molar-refractivity contribution is -0.274. The highest BCUT2D eigenvalue weighted by molar-refractivity contribution is 6.30. The van der Waals surface area contributed by atoms with Gasteiger partial charge in [-0.15, -0.1) is 13.2 Å². The first-order valence-electron chi connectivity index (χ1n) is 9.89. The van der Waals surface area contributed by atoms with Crippen molar-refractivity contribution in [1.29, 1.82) is 0 Å². The summed E-state index contributed by atoms with van der Waals surface area (Å²) in [4.78, 5) is 8.67. The molecule has 0 aliphatic heterocycles. The summed E-state index contributed by atoms with van der Waals surface area (Å²) in [5.41, 5.74) is 0.599. The van der Waals surface area contributed by atoms with Crippen molar-refractivity contribution in [3.8, 4) is 17.0 Å². The monoisotopic (exact) mass is 484 g/mol. The van der Waals surface area contributed by atoms with Gasteiger partial charge >= 0.3 is 6.36 Å². The molecule has 0 fully saturated rings. The highest BCUT2D eigenvalue weighted by Crippen LogP contribution is 2.30. The van der Waals surface area contributed by atoms with Gasteiger partial charge < -0.3 is 20.5 Å². The predicted octanol–water partition coefficient (Wildman–Crippen LogP) is 6.01. The summed E-state index contributed by atoms with van der Waals surface area (Å²) in [7, 11) is 0. The van der Waals surface area contributed by atoms with Crippen LogP contribution in [0.25, 0.3) is 11.3 Å². The molecule has 1 atom stereocenters. The van der Waals surface area contributed by atoms with E-state index in [-0.39, 0.29) is 35.7 Å². The Kier molecular flexibility index (Phi) is 7.60. The van der Waals surface area contributed by atoms with Gasteiger partial charge in [0.15, 0.2) is 0 Å². The molecular formula is C22H21ClF4N4O2. The van der Waals surface area contributed by atoms with E-state index in [4.69, 9.17) is 11.6 Å². The summed E-state index contributed by atoms with van der Waals surface area (Å²) in [5, 5.41) is 15.7. The molecule has 0 amide bonds. The maximum absolute atomic E-state index is 14.2. The fourth-order valence-electron chi connectivity index (χ4n) is 2.90. The van der Waals surface area contributed by atoms with Gasteiger partial charge in [0.05, 0.1) is 24.0 Å². The molecule has 0 aliphatic rings. The molecule has 0 radical (unpaired) electrons. The Hall–Kier alpha value is -3.11. The second-order valence-electron chi connectivity index (χ2n) is 7.46. The molecule has 3 N–H and O–H groups in total. The summed E-state index contributed by atoms with van der Waals surface area (Å²) in [6.07, 6.45) is -4.85. The van der Waals surface area contributed by atoms with Crippen molar-refractivity contribution in [1.82, 2.24) is 9.97 Å². The van der Waals surface area contributed by atoms with Crippen LogP contribution in [-0.4, -0.2) is 34.1 Å². The van der Waals surface area contributed by atoms with Crippen molar-refractivity contribution < 1.29 is 27.4 Å². The first kappa shape index (κ1) is 24.5. The SMILES string of the molecule is CC(C)[C@H](CO)Nc1nc(Nc2cc(Cl)ccc2F)cc(-c2cccc(OC(F)(F)F)c2)n1. The van der Waals surface area contributed by atoms with E-state index in [0.29, 0.717) is 10.6 Å². The van der Waals surface area contributed by atoms with Gasteiger partial charge in [-0.3, -0.25) is 0 Å². The molecule has 0 saturated heterocycles. The lowest BCUT2D eigenvalue weighted by Gasteiger charge is -2.21. The lowest BCUT2D eigenvalue weighted by Crippen LogP contribution is -2.30. The van der Waals surface area contributed by atoms with Gasteiger partial charge in [0.25, 0.3) is 0 Å². The predicted molar refractivity (Wildman–Crippen MR) is 118 cm³/mol. The zero-order valence-electron chi connectivity index (χ0n) is 17.6. The van der Waals surface area contributed by atoms with Gasteiger partial charge in [0, 0.05) is 16.7 Å². The number of hydrogen-bond donors (Lipinski definition) is 3. The van der Waals surface area contributed by atoms with E-state index in [1.54, 1.807) is 6.07 Å². The van der Waals surface area contributed by atoms with Gasteiger partial charge in [-0.2, -0.15) is 4.98 Å². The highest BCUT2D eigenvalue weighted by atomic mass is 35.5. The number of rotatable bonds is 8. The van der Waals surface area contributed by atoms with Crippen LogP contribution in [0.1, 0.15) is 13.8 Å². The molecule has 176 valence electrons. The maximum Gasteiger partial charge on any atom is 0.573 e. The van der Waals surface area contributed by atoms with E-state index in [0.717, 1.165) is 0 Å². The lowest BCUT2D eigenvalue weighted by atomic mass is 10.1. The standard InChI is InChI=1S/C22H21ClF4N4O2/c1-12(2)19(11-32)30-21-29-17(13-4-3-5-15(8-13)33-22(25,26)27)10-20(31-21)28-18-9-14(23)6-7-16(18)24/h3-10,12,19,32H,11H2,1-2H3,(H2,28,29,30,31)/t19-/m0/s1. The van der Waals surface area contributed by atoms with E-state index in [9.17, 15) is 22.7 Å². The second kappa shape index (κ2) is 10.2. The van der Waals surface area contributed by atoms with Crippen molar-refractivity contribution in [2.75, 3.05) is 17.2 Å².